The van der Waals surface area contributed by atoms with Crippen LogP contribution in [-0.2, 0) is 4.43 Å². The first-order valence-corrected chi connectivity index (χ1v) is 14.6. The lowest BCUT2D eigenvalue weighted by Gasteiger charge is -2.21. The minimum absolute atomic E-state index is 0.856. The van der Waals surface area contributed by atoms with Crippen molar-refractivity contribution in [2.24, 2.45) is 0 Å². The quantitative estimate of drug-likeness (QED) is 0.290. The average molecular weight is 376 g/mol. The molecule has 0 radical (unpaired) electrons. The Balaban J connectivity index is 1.64. The third kappa shape index (κ3) is 6.15. The van der Waals surface area contributed by atoms with Crippen molar-refractivity contribution in [3.8, 4) is 0 Å². The molecule has 0 N–H and O–H groups in total. The molecule has 21 heavy (non-hydrogen) atoms. The van der Waals surface area contributed by atoms with Crippen LogP contribution in [0.2, 0.25) is 19.1 Å². The van der Waals surface area contributed by atoms with Crippen molar-refractivity contribution >= 4 is 61.3 Å². The first-order chi connectivity index (χ1) is 10.1. The van der Waals surface area contributed by atoms with Crippen molar-refractivity contribution in [1.29, 1.82) is 0 Å². The monoisotopic (exact) mass is 375 g/mol. The van der Waals surface area contributed by atoms with Gasteiger partial charge < -0.3 is 4.43 Å². The van der Waals surface area contributed by atoms with E-state index in [9.17, 15) is 0 Å². The van der Waals surface area contributed by atoms with Gasteiger partial charge in [0.05, 0.1) is 10.2 Å². The molecule has 116 valence electrons. The van der Waals surface area contributed by atoms with Crippen LogP contribution in [0.4, 0.5) is 0 Å². The molecule has 0 fully saturated rings. The Morgan fingerprint density at radius 3 is 2.86 bits per heavy atom. The zero-order valence-electron chi connectivity index (χ0n) is 12.6. The zero-order chi connectivity index (χ0) is 15.1. The van der Waals surface area contributed by atoms with Gasteiger partial charge in [-0.05, 0) is 65.2 Å². The normalized spacial score (nSPS) is 12.1. The highest BCUT2D eigenvalue weighted by Crippen LogP contribution is 2.43. The van der Waals surface area contributed by atoms with Crippen LogP contribution in [-0.4, -0.2) is 25.7 Å². The van der Waals surface area contributed by atoms with Gasteiger partial charge in [-0.1, -0.05) is 22.9 Å². The largest absolute Gasteiger partial charge is 0.418 e. The summed E-state index contributed by atoms with van der Waals surface area (Å²) in [6, 6.07) is 9.58. The Morgan fingerprint density at radius 1 is 1.29 bits per heavy atom. The SMILES string of the molecule is CCO[Si](C)(C)CCCSSSc1nc2ccccc2s1. The molecule has 2 aromatic rings. The highest BCUT2D eigenvalue weighted by molar-refractivity contribution is 9.09. The van der Waals surface area contributed by atoms with E-state index in [1.807, 2.05) is 26.7 Å². The number of hydrogen-bond donors (Lipinski definition) is 0. The third-order valence-corrected chi connectivity index (χ3v) is 11.0. The van der Waals surface area contributed by atoms with Gasteiger partial charge in [0.15, 0.2) is 12.7 Å². The Hall–Kier alpha value is 0.337. The van der Waals surface area contributed by atoms with E-state index in [1.165, 1.54) is 22.9 Å². The molecule has 0 saturated carbocycles. The molecular weight excluding hydrogens is 355 g/mol. The number of aromatic nitrogens is 1. The Morgan fingerprint density at radius 2 is 2.10 bits per heavy atom. The fraction of sp³-hybridized carbons (Fsp3) is 0.500. The molecule has 2 nitrogen and oxygen atoms in total. The summed E-state index contributed by atoms with van der Waals surface area (Å²) >= 11 is 1.78. The van der Waals surface area contributed by atoms with Gasteiger partial charge >= 0.3 is 0 Å². The molecule has 0 bridgehead atoms. The molecule has 0 amide bonds. The summed E-state index contributed by atoms with van der Waals surface area (Å²) < 4.78 is 8.27. The number of rotatable bonds is 9. The van der Waals surface area contributed by atoms with E-state index < -0.39 is 8.32 Å². The number of hydrogen-bond acceptors (Lipinski definition) is 6. The van der Waals surface area contributed by atoms with E-state index >= 15 is 0 Å². The average Bonchev–Trinajstić information content (AvgIpc) is 2.85. The van der Waals surface area contributed by atoms with E-state index in [2.05, 4.69) is 43.2 Å². The summed E-state index contributed by atoms with van der Waals surface area (Å²) in [5.41, 5.74) is 1.11. The molecule has 2 rings (SSSR count). The maximum absolute atomic E-state index is 5.85. The van der Waals surface area contributed by atoms with Crippen LogP contribution in [0.3, 0.4) is 0 Å². The molecule has 0 atom stereocenters. The van der Waals surface area contributed by atoms with Gasteiger partial charge in [0.1, 0.15) is 0 Å². The van der Waals surface area contributed by atoms with Gasteiger partial charge in [-0.3, -0.25) is 0 Å². The van der Waals surface area contributed by atoms with Crippen molar-refractivity contribution in [3.63, 3.8) is 0 Å². The number of fused-ring (bicyclic) bond motifs is 1. The lowest BCUT2D eigenvalue weighted by Crippen LogP contribution is -2.30. The molecule has 1 aromatic carbocycles. The third-order valence-electron chi connectivity index (χ3n) is 2.97. The van der Waals surface area contributed by atoms with Crippen molar-refractivity contribution in [2.75, 3.05) is 12.4 Å². The van der Waals surface area contributed by atoms with Crippen LogP contribution in [0.5, 0.6) is 0 Å². The van der Waals surface area contributed by atoms with Crippen LogP contribution >= 0.6 is 42.8 Å². The number of para-hydroxylation sites is 1. The van der Waals surface area contributed by atoms with Crippen molar-refractivity contribution in [3.05, 3.63) is 24.3 Å². The first kappa shape index (κ1) is 17.7. The molecule has 0 aliphatic carbocycles. The summed E-state index contributed by atoms with van der Waals surface area (Å²) in [5.74, 6) is 1.19. The Labute approximate surface area is 143 Å². The lowest BCUT2D eigenvalue weighted by atomic mass is 10.3. The second kappa shape index (κ2) is 8.84. The smallest absolute Gasteiger partial charge is 0.186 e. The van der Waals surface area contributed by atoms with Gasteiger partial charge in [-0.25, -0.2) is 4.98 Å². The van der Waals surface area contributed by atoms with Gasteiger partial charge in [0.2, 0.25) is 0 Å². The molecule has 0 saturated heterocycles. The molecule has 7 heteroatoms. The van der Waals surface area contributed by atoms with Gasteiger partial charge in [-0.15, -0.1) is 11.3 Å². The molecule has 0 unspecified atom stereocenters. The molecule has 0 aliphatic rings. The first-order valence-electron chi connectivity index (χ1n) is 7.06. The second-order valence-electron chi connectivity index (χ2n) is 5.22. The fourth-order valence-corrected chi connectivity index (χ4v) is 9.49. The van der Waals surface area contributed by atoms with Crippen LogP contribution in [0.15, 0.2) is 28.6 Å². The molecule has 0 spiro atoms. The predicted molar refractivity (Wildman–Crippen MR) is 104 cm³/mol. The van der Waals surface area contributed by atoms with Crippen molar-refractivity contribution in [2.45, 2.75) is 36.8 Å². The summed E-state index contributed by atoms with van der Waals surface area (Å²) in [6.45, 7) is 7.57. The van der Waals surface area contributed by atoms with E-state index in [4.69, 9.17) is 4.43 Å². The van der Waals surface area contributed by atoms with Gasteiger partial charge in [0.25, 0.3) is 0 Å². The Bertz CT molecular complexity index is 528. The lowest BCUT2D eigenvalue weighted by molar-refractivity contribution is 0.328. The van der Waals surface area contributed by atoms with E-state index in [0.717, 1.165) is 16.5 Å². The summed E-state index contributed by atoms with van der Waals surface area (Å²) in [7, 11) is 4.16. The number of nitrogens with zero attached hydrogens (tertiary/aromatic N) is 1. The minimum atomic E-state index is -1.39. The van der Waals surface area contributed by atoms with E-state index in [1.54, 1.807) is 22.1 Å². The molecule has 1 heterocycles. The molecule has 0 aliphatic heterocycles. The van der Waals surface area contributed by atoms with E-state index in [0.29, 0.717) is 0 Å². The predicted octanol–water partition coefficient (Wildman–Crippen LogP) is 6.32. The number of benzene rings is 1. The molecule has 1 aromatic heterocycles. The summed E-state index contributed by atoms with van der Waals surface area (Å²) in [6.07, 6.45) is 1.25. The van der Waals surface area contributed by atoms with Crippen molar-refractivity contribution < 1.29 is 4.43 Å². The van der Waals surface area contributed by atoms with E-state index in [-0.39, 0.29) is 0 Å². The molecular formula is C14H21NOS4Si. The van der Waals surface area contributed by atoms with Crippen LogP contribution in [0.25, 0.3) is 10.2 Å². The highest BCUT2D eigenvalue weighted by atomic mass is 33.5. The van der Waals surface area contributed by atoms with Crippen LogP contribution in [0.1, 0.15) is 13.3 Å². The van der Waals surface area contributed by atoms with Crippen LogP contribution < -0.4 is 0 Å². The second-order valence-corrected chi connectivity index (χ2v) is 15.0. The topological polar surface area (TPSA) is 22.1 Å². The maximum atomic E-state index is 5.85. The Kier molecular flexibility index (Phi) is 7.44. The maximum Gasteiger partial charge on any atom is 0.186 e. The van der Waals surface area contributed by atoms with Gasteiger partial charge in [-0.2, -0.15) is 0 Å². The summed E-state index contributed by atoms with van der Waals surface area (Å²) in [5, 5.41) is 0. The van der Waals surface area contributed by atoms with Crippen LogP contribution in [0, 0.1) is 0 Å². The fourth-order valence-electron chi connectivity index (χ4n) is 1.99. The van der Waals surface area contributed by atoms with Crippen molar-refractivity contribution in [1.82, 2.24) is 4.98 Å². The number of thiazole rings is 1. The zero-order valence-corrected chi connectivity index (χ0v) is 16.9. The summed E-state index contributed by atoms with van der Waals surface area (Å²) in [4.78, 5) is 4.63. The standard InChI is InChI=1S/C14H21NOS4Si/c1-4-16-21(2,3)11-7-10-17-20-19-14-15-12-8-5-6-9-13(12)18-14/h5-6,8-9H,4,7,10-11H2,1-3H3. The highest BCUT2D eigenvalue weighted by Gasteiger charge is 2.20. The minimum Gasteiger partial charge on any atom is -0.418 e. The van der Waals surface area contributed by atoms with Gasteiger partial charge in [0, 0.05) is 12.4 Å².